The summed E-state index contributed by atoms with van der Waals surface area (Å²) in [5, 5.41) is 9.57. The molecular weight excluding hydrogens is 172 g/mol. The summed E-state index contributed by atoms with van der Waals surface area (Å²) in [4.78, 5) is 10.7. The summed E-state index contributed by atoms with van der Waals surface area (Å²) < 4.78 is 10.3. The predicted molar refractivity (Wildman–Crippen MR) is 44.0 cm³/mol. The molecule has 0 aromatic heterocycles. The summed E-state index contributed by atoms with van der Waals surface area (Å²) in [7, 11) is 0. The van der Waals surface area contributed by atoms with Crippen LogP contribution in [-0.2, 0) is 14.3 Å². The fourth-order valence-corrected chi connectivity index (χ4v) is 2.00. The van der Waals surface area contributed by atoms with Crippen molar-refractivity contribution in [1.82, 2.24) is 0 Å². The number of aliphatic hydroxyl groups is 1. The van der Waals surface area contributed by atoms with Gasteiger partial charge in [0.15, 0.2) is 0 Å². The van der Waals surface area contributed by atoms with E-state index in [0.29, 0.717) is 6.42 Å². The van der Waals surface area contributed by atoms with E-state index < -0.39 is 6.10 Å². The van der Waals surface area contributed by atoms with Crippen LogP contribution in [0, 0.1) is 5.92 Å². The summed E-state index contributed by atoms with van der Waals surface area (Å²) in [5.74, 6) is -0.129. The van der Waals surface area contributed by atoms with Gasteiger partial charge in [0.2, 0.25) is 0 Å². The first-order chi connectivity index (χ1) is 6.09. The van der Waals surface area contributed by atoms with Crippen molar-refractivity contribution in [2.75, 3.05) is 0 Å². The molecule has 4 nitrogen and oxygen atoms in total. The van der Waals surface area contributed by atoms with Crippen LogP contribution in [0.2, 0.25) is 0 Å². The molecule has 0 unspecified atom stereocenters. The van der Waals surface area contributed by atoms with Gasteiger partial charge in [0, 0.05) is 6.92 Å². The van der Waals surface area contributed by atoms with Crippen LogP contribution in [0.3, 0.4) is 0 Å². The van der Waals surface area contributed by atoms with Gasteiger partial charge in [0.1, 0.15) is 18.3 Å². The number of esters is 1. The minimum atomic E-state index is -0.392. The number of ether oxygens (including phenoxy) is 2. The first-order valence-electron chi connectivity index (χ1n) is 4.60. The van der Waals surface area contributed by atoms with E-state index in [1.807, 2.05) is 6.92 Å². The van der Waals surface area contributed by atoms with Crippen LogP contribution in [0.15, 0.2) is 0 Å². The molecule has 4 heteroatoms. The molecule has 5 atom stereocenters. The summed E-state index contributed by atoms with van der Waals surface area (Å²) in [5.41, 5.74) is 0. The molecule has 2 aliphatic rings. The minimum Gasteiger partial charge on any atom is -0.460 e. The number of rotatable bonds is 1. The lowest BCUT2D eigenvalue weighted by atomic mass is 9.86. The Labute approximate surface area is 76.8 Å². The average Bonchev–Trinajstić information content (AvgIpc) is 2.77. The number of hydrogen-bond donors (Lipinski definition) is 1. The van der Waals surface area contributed by atoms with Gasteiger partial charge in [-0.2, -0.15) is 0 Å². The number of carbonyl (C=O) groups is 1. The fourth-order valence-electron chi connectivity index (χ4n) is 2.00. The van der Waals surface area contributed by atoms with Gasteiger partial charge in [-0.05, 0) is 12.3 Å². The second-order valence-corrected chi connectivity index (χ2v) is 3.92. The Bertz CT molecular complexity index is 226. The third-order valence-corrected chi connectivity index (χ3v) is 2.77. The molecule has 1 aliphatic heterocycles. The normalized spacial score (nSPS) is 48.1. The first-order valence-corrected chi connectivity index (χ1v) is 4.60. The molecule has 1 aliphatic carbocycles. The molecule has 74 valence electrons. The van der Waals surface area contributed by atoms with Crippen LogP contribution in [0.25, 0.3) is 0 Å². The van der Waals surface area contributed by atoms with Crippen LogP contribution >= 0.6 is 0 Å². The van der Waals surface area contributed by atoms with E-state index in [-0.39, 0.29) is 30.2 Å². The van der Waals surface area contributed by atoms with Crippen molar-refractivity contribution in [2.45, 2.75) is 44.7 Å². The van der Waals surface area contributed by atoms with Crippen LogP contribution in [0.5, 0.6) is 0 Å². The van der Waals surface area contributed by atoms with Gasteiger partial charge in [-0.3, -0.25) is 4.79 Å². The van der Waals surface area contributed by atoms with Crippen molar-refractivity contribution in [3.63, 3.8) is 0 Å². The number of aliphatic hydroxyl groups excluding tert-OH is 1. The number of epoxide rings is 1. The van der Waals surface area contributed by atoms with E-state index in [0.717, 1.165) is 0 Å². The summed E-state index contributed by atoms with van der Waals surface area (Å²) >= 11 is 0. The fraction of sp³-hybridized carbons (Fsp3) is 0.889. The van der Waals surface area contributed by atoms with Gasteiger partial charge in [-0.1, -0.05) is 6.92 Å². The number of carbonyl (C=O) groups excluding carboxylic acids is 1. The first kappa shape index (κ1) is 8.97. The van der Waals surface area contributed by atoms with Gasteiger partial charge in [-0.25, -0.2) is 0 Å². The zero-order valence-corrected chi connectivity index (χ0v) is 7.77. The average molecular weight is 186 g/mol. The van der Waals surface area contributed by atoms with Crippen LogP contribution in [-0.4, -0.2) is 35.5 Å². The number of fused-ring (bicyclic) bond motifs is 1. The second kappa shape index (κ2) is 2.96. The highest BCUT2D eigenvalue weighted by molar-refractivity contribution is 5.66. The molecule has 1 heterocycles. The van der Waals surface area contributed by atoms with Crippen molar-refractivity contribution in [3.05, 3.63) is 0 Å². The summed E-state index contributed by atoms with van der Waals surface area (Å²) in [6, 6.07) is 0. The standard InChI is InChI=1S/C9H14O4/c1-4-3-6(12-5(2)10)8-9(13-8)7(4)11/h4,6-9,11H,3H2,1-2H3/t4-,6-,7+,8-,9+/m0/s1. The van der Waals surface area contributed by atoms with Gasteiger partial charge in [0.25, 0.3) is 0 Å². The number of hydrogen-bond acceptors (Lipinski definition) is 4. The van der Waals surface area contributed by atoms with Gasteiger partial charge in [0.05, 0.1) is 6.10 Å². The van der Waals surface area contributed by atoms with Crippen molar-refractivity contribution in [1.29, 1.82) is 0 Å². The predicted octanol–water partition coefficient (Wildman–Crippen LogP) is 0.0862. The van der Waals surface area contributed by atoms with Gasteiger partial charge >= 0.3 is 5.97 Å². The highest BCUT2D eigenvalue weighted by Crippen LogP contribution is 2.41. The Balaban J connectivity index is 1.97. The van der Waals surface area contributed by atoms with Crippen LogP contribution in [0.1, 0.15) is 20.3 Å². The third kappa shape index (κ3) is 1.56. The molecule has 1 N–H and O–H groups in total. The lowest BCUT2D eigenvalue weighted by molar-refractivity contribution is -0.149. The molecule has 13 heavy (non-hydrogen) atoms. The lowest BCUT2D eigenvalue weighted by Gasteiger charge is -2.26. The second-order valence-electron chi connectivity index (χ2n) is 3.92. The maximum absolute atomic E-state index is 10.7. The molecule has 0 spiro atoms. The van der Waals surface area contributed by atoms with Gasteiger partial charge in [-0.15, -0.1) is 0 Å². The minimum absolute atomic E-state index is 0.0601. The van der Waals surface area contributed by atoms with Crippen molar-refractivity contribution in [3.8, 4) is 0 Å². The van der Waals surface area contributed by atoms with E-state index in [9.17, 15) is 9.90 Å². The Hall–Kier alpha value is -0.610. The zero-order chi connectivity index (χ0) is 9.59. The molecular formula is C9H14O4. The highest BCUT2D eigenvalue weighted by Gasteiger charge is 2.56. The molecule has 2 rings (SSSR count). The van der Waals surface area contributed by atoms with Crippen LogP contribution in [0.4, 0.5) is 0 Å². The van der Waals surface area contributed by atoms with E-state index in [4.69, 9.17) is 9.47 Å². The highest BCUT2D eigenvalue weighted by atomic mass is 16.6. The topological polar surface area (TPSA) is 59.1 Å². The molecule has 2 fully saturated rings. The molecule has 0 amide bonds. The third-order valence-electron chi connectivity index (χ3n) is 2.77. The Morgan fingerprint density at radius 3 is 2.85 bits per heavy atom. The van der Waals surface area contributed by atoms with Crippen molar-refractivity contribution < 1.29 is 19.4 Å². The molecule has 1 saturated heterocycles. The maximum Gasteiger partial charge on any atom is 0.302 e. The Morgan fingerprint density at radius 1 is 1.54 bits per heavy atom. The van der Waals surface area contributed by atoms with Crippen molar-refractivity contribution in [2.24, 2.45) is 5.92 Å². The van der Waals surface area contributed by atoms with Gasteiger partial charge < -0.3 is 14.6 Å². The molecule has 0 bridgehead atoms. The SMILES string of the molecule is CC(=O)O[C@H]1C[C@H](C)[C@@H](O)[C@H]2O[C@H]21. The quantitative estimate of drug-likeness (QED) is 0.465. The van der Waals surface area contributed by atoms with Crippen LogP contribution < -0.4 is 0 Å². The summed E-state index contributed by atoms with van der Waals surface area (Å²) in [6.45, 7) is 3.34. The van der Waals surface area contributed by atoms with Crippen molar-refractivity contribution >= 4 is 5.97 Å². The monoisotopic (exact) mass is 186 g/mol. The molecule has 0 aromatic rings. The van der Waals surface area contributed by atoms with E-state index in [2.05, 4.69) is 0 Å². The summed E-state index contributed by atoms with van der Waals surface area (Å²) in [6.07, 6.45) is -0.0111. The van der Waals surface area contributed by atoms with E-state index in [1.54, 1.807) is 0 Å². The Kier molecular flexibility index (Phi) is 2.04. The molecule has 0 aromatic carbocycles. The smallest absolute Gasteiger partial charge is 0.302 e. The zero-order valence-electron chi connectivity index (χ0n) is 7.77. The largest absolute Gasteiger partial charge is 0.460 e. The lowest BCUT2D eigenvalue weighted by Crippen LogP contribution is -2.39. The van der Waals surface area contributed by atoms with E-state index >= 15 is 0 Å². The Morgan fingerprint density at radius 2 is 2.23 bits per heavy atom. The van der Waals surface area contributed by atoms with E-state index in [1.165, 1.54) is 6.92 Å². The molecule has 0 radical (unpaired) electrons. The maximum atomic E-state index is 10.7. The molecule has 1 saturated carbocycles.